The van der Waals surface area contributed by atoms with Crippen LogP contribution in [-0.2, 0) is 6.42 Å². The lowest BCUT2D eigenvalue weighted by Gasteiger charge is -2.26. The van der Waals surface area contributed by atoms with Crippen molar-refractivity contribution in [3.8, 4) is 16.6 Å². The summed E-state index contributed by atoms with van der Waals surface area (Å²) in [6.07, 6.45) is 3.72. The Morgan fingerprint density at radius 3 is 2.84 bits per heavy atom. The first-order chi connectivity index (χ1) is 15.0. The Morgan fingerprint density at radius 2 is 2.13 bits per heavy atom. The van der Waals surface area contributed by atoms with Crippen LogP contribution in [0.15, 0.2) is 36.5 Å². The molecule has 4 heterocycles. The number of amides is 1. The molecular formula is C23H22N6OS. The number of carbonyl (C=O) groups is 1. The molecular weight excluding hydrogens is 408 g/mol. The number of hydrogen-bond donors (Lipinski definition) is 1. The summed E-state index contributed by atoms with van der Waals surface area (Å²) in [6.45, 7) is 4.87. The molecule has 2 N–H and O–H groups in total. The molecule has 1 amide bonds. The molecule has 1 atom stereocenters. The first-order valence-corrected chi connectivity index (χ1v) is 11.2. The number of anilines is 3. The number of nitriles is 1. The predicted octanol–water partition coefficient (Wildman–Crippen LogP) is 3.71. The topological polar surface area (TPSA) is 99.1 Å². The van der Waals surface area contributed by atoms with Crippen molar-refractivity contribution >= 4 is 34.4 Å². The highest BCUT2D eigenvalue weighted by Gasteiger charge is 2.30. The monoisotopic (exact) mass is 430 g/mol. The van der Waals surface area contributed by atoms with Gasteiger partial charge in [-0.25, -0.2) is 9.97 Å². The number of thiazole rings is 1. The van der Waals surface area contributed by atoms with Crippen molar-refractivity contribution in [2.45, 2.75) is 19.8 Å². The third-order valence-electron chi connectivity index (χ3n) is 5.92. The SMILES string of the molecule is C[C@H]1CCN(c2ccc(-c3nc4c(s3)C(=O)N(c3ccc(N)c(C#N)c3)CC4)cn2)C1. The summed E-state index contributed by atoms with van der Waals surface area (Å²) in [4.78, 5) is 27.2. The molecule has 0 spiro atoms. The van der Waals surface area contributed by atoms with E-state index >= 15 is 0 Å². The lowest BCUT2D eigenvalue weighted by molar-refractivity contribution is 0.0984. The van der Waals surface area contributed by atoms with E-state index in [-0.39, 0.29) is 5.91 Å². The largest absolute Gasteiger partial charge is 0.398 e. The minimum atomic E-state index is -0.0886. The zero-order chi connectivity index (χ0) is 21.5. The van der Waals surface area contributed by atoms with Gasteiger partial charge in [-0.15, -0.1) is 11.3 Å². The fourth-order valence-corrected chi connectivity index (χ4v) is 5.20. The van der Waals surface area contributed by atoms with E-state index in [0.29, 0.717) is 40.7 Å². The van der Waals surface area contributed by atoms with Gasteiger partial charge in [0.2, 0.25) is 0 Å². The average Bonchev–Trinajstić information content (AvgIpc) is 3.42. The molecule has 1 saturated heterocycles. The number of carbonyl (C=O) groups excluding carboxylic acids is 1. The number of benzene rings is 1. The summed E-state index contributed by atoms with van der Waals surface area (Å²) >= 11 is 1.40. The van der Waals surface area contributed by atoms with Gasteiger partial charge in [-0.3, -0.25) is 4.79 Å². The smallest absolute Gasteiger partial charge is 0.270 e. The Hall–Kier alpha value is -3.44. The molecule has 31 heavy (non-hydrogen) atoms. The van der Waals surface area contributed by atoms with Crippen molar-refractivity contribution in [3.05, 3.63) is 52.7 Å². The number of aromatic nitrogens is 2. The molecule has 2 aliphatic heterocycles. The summed E-state index contributed by atoms with van der Waals surface area (Å²) in [6, 6.07) is 11.3. The van der Waals surface area contributed by atoms with Crippen molar-refractivity contribution in [3.63, 3.8) is 0 Å². The Kier molecular flexibility index (Phi) is 4.83. The maximum absolute atomic E-state index is 13.2. The van der Waals surface area contributed by atoms with Crippen molar-refractivity contribution < 1.29 is 4.79 Å². The van der Waals surface area contributed by atoms with Gasteiger partial charge in [-0.1, -0.05) is 6.92 Å². The van der Waals surface area contributed by atoms with E-state index in [1.807, 2.05) is 18.3 Å². The molecule has 3 aromatic rings. The van der Waals surface area contributed by atoms with Crippen LogP contribution in [0.1, 0.15) is 34.3 Å². The molecule has 1 aromatic carbocycles. The first kappa shape index (κ1) is 19.5. The minimum absolute atomic E-state index is 0.0886. The van der Waals surface area contributed by atoms with E-state index in [0.717, 1.165) is 35.2 Å². The summed E-state index contributed by atoms with van der Waals surface area (Å²) < 4.78 is 0. The fraction of sp³-hybridized carbons (Fsp3) is 0.304. The predicted molar refractivity (Wildman–Crippen MR) is 122 cm³/mol. The zero-order valence-electron chi connectivity index (χ0n) is 17.2. The van der Waals surface area contributed by atoms with Gasteiger partial charge in [-0.2, -0.15) is 5.26 Å². The van der Waals surface area contributed by atoms with Gasteiger partial charge in [0, 0.05) is 49.2 Å². The Balaban J connectivity index is 1.39. The van der Waals surface area contributed by atoms with Gasteiger partial charge < -0.3 is 15.5 Å². The van der Waals surface area contributed by atoms with Crippen LogP contribution in [0.2, 0.25) is 0 Å². The molecule has 8 heteroatoms. The maximum Gasteiger partial charge on any atom is 0.270 e. The summed E-state index contributed by atoms with van der Waals surface area (Å²) in [5.74, 6) is 1.61. The van der Waals surface area contributed by atoms with E-state index in [4.69, 9.17) is 10.7 Å². The van der Waals surface area contributed by atoms with E-state index in [1.165, 1.54) is 17.8 Å². The molecule has 0 radical (unpaired) electrons. The van der Waals surface area contributed by atoms with E-state index in [9.17, 15) is 10.1 Å². The Labute approximate surface area is 184 Å². The number of nitrogen functional groups attached to an aromatic ring is 1. The van der Waals surface area contributed by atoms with Gasteiger partial charge in [0.1, 0.15) is 21.8 Å². The standard InChI is InChI=1S/C23H22N6OS/c1-14-6-8-28(13-14)20-5-2-15(12-26-20)22-27-19-7-9-29(23(30)21(19)31-22)17-3-4-18(25)16(10-17)11-24/h2-5,10,12,14H,6-9,13,25H2,1H3/t14-/m0/s1. The zero-order valence-corrected chi connectivity index (χ0v) is 18.0. The average molecular weight is 431 g/mol. The molecule has 0 unspecified atom stereocenters. The highest BCUT2D eigenvalue weighted by Crippen LogP contribution is 2.34. The minimum Gasteiger partial charge on any atom is -0.398 e. The highest BCUT2D eigenvalue weighted by molar-refractivity contribution is 7.17. The molecule has 0 saturated carbocycles. The van der Waals surface area contributed by atoms with Crippen molar-refractivity contribution in [2.24, 2.45) is 5.92 Å². The molecule has 0 bridgehead atoms. The van der Waals surface area contributed by atoms with Crippen molar-refractivity contribution in [2.75, 3.05) is 35.2 Å². The number of fused-ring (bicyclic) bond motifs is 1. The van der Waals surface area contributed by atoms with Gasteiger partial charge in [0.15, 0.2) is 0 Å². The summed E-state index contributed by atoms with van der Waals surface area (Å²) in [7, 11) is 0. The van der Waals surface area contributed by atoms with Crippen LogP contribution in [0, 0.1) is 17.2 Å². The molecule has 1 fully saturated rings. The van der Waals surface area contributed by atoms with Crippen molar-refractivity contribution in [1.82, 2.24) is 9.97 Å². The maximum atomic E-state index is 13.2. The second-order valence-corrected chi connectivity index (χ2v) is 9.13. The molecule has 2 aromatic heterocycles. The first-order valence-electron chi connectivity index (χ1n) is 10.4. The second kappa shape index (κ2) is 7.67. The fourth-order valence-electron chi connectivity index (χ4n) is 4.15. The Bertz CT molecular complexity index is 1200. The van der Waals surface area contributed by atoms with Crippen LogP contribution in [0.4, 0.5) is 17.2 Å². The lowest BCUT2D eigenvalue weighted by atomic mass is 10.1. The van der Waals surface area contributed by atoms with Gasteiger partial charge in [0.05, 0.1) is 11.3 Å². The number of nitrogens with zero attached hydrogens (tertiary/aromatic N) is 5. The van der Waals surface area contributed by atoms with Gasteiger partial charge in [-0.05, 0) is 42.7 Å². The molecule has 5 rings (SSSR count). The van der Waals surface area contributed by atoms with Crippen LogP contribution < -0.4 is 15.5 Å². The van der Waals surface area contributed by atoms with Crippen molar-refractivity contribution in [1.29, 1.82) is 5.26 Å². The molecule has 7 nitrogen and oxygen atoms in total. The number of rotatable bonds is 3. The molecule has 156 valence electrons. The van der Waals surface area contributed by atoms with Crippen LogP contribution in [0.5, 0.6) is 0 Å². The summed E-state index contributed by atoms with van der Waals surface area (Å²) in [5.41, 5.74) is 9.05. The number of pyridine rings is 1. The third-order valence-corrected chi connectivity index (χ3v) is 7.06. The summed E-state index contributed by atoms with van der Waals surface area (Å²) in [5, 5.41) is 10.1. The molecule has 0 aliphatic carbocycles. The van der Waals surface area contributed by atoms with E-state index < -0.39 is 0 Å². The highest BCUT2D eigenvalue weighted by atomic mass is 32.1. The normalized spacial score (nSPS) is 18.2. The van der Waals surface area contributed by atoms with Crippen LogP contribution >= 0.6 is 11.3 Å². The quantitative estimate of drug-likeness (QED) is 0.636. The number of hydrogen-bond acceptors (Lipinski definition) is 7. The van der Waals surface area contributed by atoms with E-state index in [2.05, 4.69) is 22.9 Å². The molecule has 2 aliphatic rings. The Morgan fingerprint density at radius 1 is 1.26 bits per heavy atom. The van der Waals surface area contributed by atoms with Gasteiger partial charge >= 0.3 is 0 Å². The lowest BCUT2D eigenvalue weighted by Crippen LogP contribution is -2.37. The third kappa shape index (κ3) is 3.51. The van der Waals surface area contributed by atoms with Gasteiger partial charge in [0.25, 0.3) is 5.91 Å². The van der Waals surface area contributed by atoms with Crippen LogP contribution in [0.25, 0.3) is 10.6 Å². The second-order valence-electron chi connectivity index (χ2n) is 8.13. The van der Waals surface area contributed by atoms with Crippen LogP contribution in [-0.4, -0.2) is 35.5 Å². The van der Waals surface area contributed by atoms with Crippen LogP contribution in [0.3, 0.4) is 0 Å². The van der Waals surface area contributed by atoms with E-state index in [1.54, 1.807) is 23.1 Å². The number of nitrogens with two attached hydrogens (primary N) is 1.